The summed E-state index contributed by atoms with van der Waals surface area (Å²) in [5.74, 6) is 0.679. The molecule has 1 aliphatic heterocycles. The van der Waals surface area contributed by atoms with Crippen LogP contribution < -0.4 is 16.0 Å². The Morgan fingerprint density at radius 2 is 1.79 bits per heavy atom. The minimum Gasteiger partial charge on any atom is -0.384 e. The molecule has 33 heavy (non-hydrogen) atoms. The number of rotatable bonds is 10. The highest BCUT2D eigenvalue weighted by molar-refractivity contribution is 5.61. The highest BCUT2D eigenvalue weighted by atomic mass is 16.5. The normalized spacial score (nSPS) is 22.6. The van der Waals surface area contributed by atoms with E-state index in [0.717, 1.165) is 88.5 Å². The van der Waals surface area contributed by atoms with Crippen molar-refractivity contribution in [2.45, 2.75) is 57.5 Å². The molecule has 2 aliphatic rings. The van der Waals surface area contributed by atoms with Gasteiger partial charge in [-0.05, 0) is 62.1 Å². The fourth-order valence-electron chi connectivity index (χ4n) is 4.60. The number of hydrogen-bond donors (Lipinski definition) is 3. The van der Waals surface area contributed by atoms with E-state index in [9.17, 15) is 0 Å². The van der Waals surface area contributed by atoms with E-state index in [-0.39, 0.29) is 5.41 Å². The van der Waals surface area contributed by atoms with Crippen LogP contribution in [0.2, 0.25) is 0 Å². The van der Waals surface area contributed by atoms with Gasteiger partial charge in [0.05, 0.1) is 18.0 Å². The summed E-state index contributed by atoms with van der Waals surface area (Å²) in [5, 5.41) is 10.7. The molecule has 180 valence electrons. The number of anilines is 2. The number of hydrogen-bond acceptors (Lipinski definition) is 8. The van der Waals surface area contributed by atoms with E-state index in [2.05, 4.69) is 38.9 Å². The van der Waals surface area contributed by atoms with Gasteiger partial charge < -0.3 is 25.4 Å². The molecule has 1 saturated carbocycles. The number of pyridine rings is 1. The molecule has 0 radical (unpaired) electrons. The summed E-state index contributed by atoms with van der Waals surface area (Å²) in [6, 6.07) is 7.00. The van der Waals surface area contributed by atoms with Gasteiger partial charge in [0.1, 0.15) is 0 Å². The second-order valence-electron chi connectivity index (χ2n) is 9.61. The predicted octanol–water partition coefficient (Wildman–Crippen LogP) is 3.73. The Bertz CT molecular complexity index is 865. The van der Waals surface area contributed by atoms with Crippen molar-refractivity contribution < 1.29 is 9.47 Å². The molecule has 4 rings (SSSR count). The van der Waals surface area contributed by atoms with Crippen LogP contribution in [-0.2, 0) is 9.47 Å². The summed E-state index contributed by atoms with van der Waals surface area (Å²) in [6.07, 6.45) is 10.4. The van der Waals surface area contributed by atoms with Gasteiger partial charge in [0.2, 0.25) is 5.95 Å². The van der Waals surface area contributed by atoms with Crippen LogP contribution in [0.4, 0.5) is 11.6 Å². The Kier molecular flexibility index (Phi) is 8.47. The highest BCUT2D eigenvalue weighted by Crippen LogP contribution is 2.30. The smallest absolute Gasteiger partial charge is 0.223 e. The van der Waals surface area contributed by atoms with E-state index < -0.39 is 0 Å². The first kappa shape index (κ1) is 23.9. The Balaban J connectivity index is 1.32. The van der Waals surface area contributed by atoms with Crippen LogP contribution in [0.5, 0.6) is 0 Å². The molecule has 3 N–H and O–H groups in total. The molecule has 0 spiro atoms. The van der Waals surface area contributed by atoms with Crippen molar-refractivity contribution >= 4 is 11.6 Å². The van der Waals surface area contributed by atoms with Gasteiger partial charge in [0.15, 0.2) is 0 Å². The lowest BCUT2D eigenvalue weighted by Gasteiger charge is -2.33. The summed E-state index contributed by atoms with van der Waals surface area (Å²) in [4.78, 5) is 13.8. The van der Waals surface area contributed by atoms with Crippen molar-refractivity contribution in [3.63, 3.8) is 0 Å². The van der Waals surface area contributed by atoms with Crippen LogP contribution in [0.15, 0.2) is 30.6 Å². The van der Waals surface area contributed by atoms with Gasteiger partial charge in [-0.2, -0.15) is 0 Å². The van der Waals surface area contributed by atoms with Crippen LogP contribution in [0, 0.1) is 5.41 Å². The molecule has 2 aromatic heterocycles. The van der Waals surface area contributed by atoms with Gasteiger partial charge in [-0.15, -0.1) is 0 Å². The minimum absolute atomic E-state index is 0.270. The predicted molar refractivity (Wildman–Crippen MR) is 131 cm³/mol. The Hall–Kier alpha value is -2.29. The highest BCUT2D eigenvalue weighted by Gasteiger charge is 2.27. The summed E-state index contributed by atoms with van der Waals surface area (Å²) < 4.78 is 10.6. The van der Waals surface area contributed by atoms with Gasteiger partial charge >= 0.3 is 0 Å². The molecular formula is C25H38N6O2. The maximum absolute atomic E-state index is 5.52. The standard InChI is InChI=1S/C25H38N6O2/c1-25(9-14-33-15-10-25)18-29-21-7-11-27-23(17-21)22-8-12-28-24(31-22)30-20-5-3-19(4-6-20)26-13-16-32-2/h7-8,11-12,17,19-20,26H,3-6,9-10,13-16,18H2,1-2H3,(H,27,29)(H,28,30,31). The third kappa shape index (κ3) is 7.09. The zero-order chi connectivity index (χ0) is 22.9. The van der Waals surface area contributed by atoms with Crippen molar-refractivity contribution in [1.29, 1.82) is 0 Å². The molecule has 0 aromatic carbocycles. The Morgan fingerprint density at radius 3 is 2.58 bits per heavy atom. The van der Waals surface area contributed by atoms with Gasteiger partial charge in [-0.25, -0.2) is 9.97 Å². The third-order valence-electron chi connectivity index (χ3n) is 6.90. The lowest BCUT2D eigenvalue weighted by atomic mass is 9.82. The molecule has 2 fully saturated rings. The van der Waals surface area contributed by atoms with Crippen LogP contribution in [-0.4, -0.2) is 67.1 Å². The van der Waals surface area contributed by atoms with Crippen LogP contribution >= 0.6 is 0 Å². The molecule has 8 nitrogen and oxygen atoms in total. The second kappa shape index (κ2) is 11.7. The second-order valence-corrected chi connectivity index (χ2v) is 9.61. The van der Waals surface area contributed by atoms with Crippen molar-refractivity contribution in [3.8, 4) is 11.4 Å². The monoisotopic (exact) mass is 454 g/mol. The van der Waals surface area contributed by atoms with E-state index in [0.29, 0.717) is 18.0 Å². The summed E-state index contributed by atoms with van der Waals surface area (Å²) >= 11 is 0. The van der Waals surface area contributed by atoms with E-state index in [1.807, 2.05) is 24.5 Å². The maximum atomic E-state index is 5.52. The maximum Gasteiger partial charge on any atom is 0.223 e. The van der Waals surface area contributed by atoms with Crippen LogP contribution in [0.25, 0.3) is 11.4 Å². The van der Waals surface area contributed by atoms with E-state index >= 15 is 0 Å². The lowest BCUT2D eigenvalue weighted by molar-refractivity contribution is 0.0300. The largest absolute Gasteiger partial charge is 0.384 e. The summed E-state index contributed by atoms with van der Waals surface area (Å²) in [6.45, 7) is 6.64. The third-order valence-corrected chi connectivity index (χ3v) is 6.90. The fraction of sp³-hybridized carbons (Fsp3) is 0.640. The first-order valence-corrected chi connectivity index (χ1v) is 12.2. The molecule has 0 amide bonds. The Morgan fingerprint density at radius 1 is 1.03 bits per heavy atom. The Labute approximate surface area is 197 Å². The van der Waals surface area contributed by atoms with E-state index in [4.69, 9.17) is 14.5 Å². The van der Waals surface area contributed by atoms with Gasteiger partial charge in [-0.1, -0.05) is 6.92 Å². The molecule has 8 heteroatoms. The number of methoxy groups -OCH3 is 1. The molecule has 3 heterocycles. The molecule has 0 bridgehead atoms. The average molecular weight is 455 g/mol. The minimum atomic E-state index is 0.270. The van der Waals surface area contributed by atoms with Crippen molar-refractivity contribution in [2.24, 2.45) is 5.41 Å². The topological polar surface area (TPSA) is 93.2 Å². The zero-order valence-electron chi connectivity index (χ0n) is 20.0. The molecular weight excluding hydrogens is 416 g/mol. The SMILES string of the molecule is COCCNC1CCC(Nc2nccc(-c3cc(NCC4(C)CCOCC4)ccn3)n2)CC1. The summed E-state index contributed by atoms with van der Waals surface area (Å²) in [7, 11) is 1.74. The fourth-order valence-corrected chi connectivity index (χ4v) is 4.60. The number of ether oxygens (including phenoxy) is 2. The molecule has 0 atom stereocenters. The molecule has 1 aliphatic carbocycles. The first-order valence-electron chi connectivity index (χ1n) is 12.2. The van der Waals surface area contributed by atoms with Crippen LogP contribution in [0.3, 0.4) is 0 Å². The lowest BCUT2D eigenvalue weighted by Crippen LogP contribution is -2.38. The van der Waals surface area contributed by atoms with Gasteiger partial charge in [0.25, 0.3) is 0 Å². The quantitative estimate of drug-likeness (QED) is 0.468. The van der Waals surface area contributed by atoms with Gasteiger partial charge in [-0.3, -0.25) is 4.98 Å². The van der Waals surface area contributed by atoms with Crippen LogP contribution in [0.1, 0.15) is 45.4 Å². The first-order chi connectivity index (χ1) is 16.1. The number of nitrogens with zero attached hydrogens (tertiary/aromatic N) is 3. The zero-order valence-corrected chi connectivity index (χ0v) is 20.0. The summed E-state index contributed by atoms with van der Waals surface area (Å²) in [5.41, 5.74) is 3.03. The van der Waals surface area contributed by atoms with Crippen molar-refractivity contribution in [1.82, 2.24) is 20.3 Å². The van der Waals surface area contributed by atoms with E-state index in [1.165, 1.54) is 0 Å². The molecule has 0 unspecified atom stereocenters. The molecule has 2 aromatic rings. The number of nitrogens with one attached hydrogen (secondary N) is 3. The van der Waals surface area contributed by atoms with E-state index in [1.54, 1.807) is 7.11 Å². The molecule has 1 saturated heterocycles. The number of aromatic nitrogens is 3. The van der Waals surface area contributed by atoms with Crippen molar-refractivity contribution in [3.05, 3.63) is 30.6 Å². The van der Waals surface area contributed by atoms with Gasteiger partial charge in [0, 0.05) is 63.6 Å². The average Bonchev–Trinajstić information content (AvgIpc) is 2.85. The van der Waals surface area contributed by atoms with Crippen molar-refractivity contribution in [2.75, 3.05) is 50.7 Å².